The third kappa shape index (κ3) is 13.6. The van der Waals surface area contributed by atoms with Gasteiger partial charge in [-0.2, -0.15) is 0 Å². The molecule has 0 bridgehead atoms. The van der Waals surface area contributed by atoms with Crippen molar-refractivity contribution in [3.63, 3.8) is 0 Å². The molecule has 1 rings (SSSR count). The molecule has 0 aliphatic rings. The average Bonchev–Trinajstić information content (AvgIpc) is 2.77. The van der Waals surface area contributed by atoms with Crippen molar-refractivity contribution in [3.8, 4) is 0 Å². The molecular weight excluding hydrogens is 411 g/mol. The second-order valence-electron chi connectivity index (χ2n) is 6.11. The van der Waals surface area contributed by atoms with Crippen LogP contribution in [-0.4, -0.2) is 93.5 Å². The second-order valence-corrected chi connectivity index (χ2v) is 8.49. The second kappa shape index (κ2) is 19.0. The lowest BCUT2D eigenvalue weighted by Crippen LogP contribution is -2.19. The van der Waals surface area contributed by atoms with Gasteiger partial charge in [-0.05, 0) is 12.1 Å². The minimum atomic E-state index is -2.47. The molecular formula is C21H37O8P. The molecule has 0 N–H and O–H groups in total. The number of rotatable bonds is 21. The van der Waals surface area contributed by atoms with Crippen LogP contribution in [0.5, 0.6) is 0 Å². The molecule has 0 amide bonds. The molecule has 0 aliphatic heterocycles. The number of benzene rings is 1. The molecule has 0 radical (unpaired) electrons. The first kappa shape index (κ1) is 27.4. The fourth-order valence-electron chi connectivity index (χ4n) is 2.26. The molecule has 1 aromatic rings. The maximum absolute atomic E-state index is 6.03. The summed E-state index contributed by atoms with van der Waals surface area (Å²) in [5, 5.41) is 0.941. The average molecular weight is 448 g/mol. The van der Waals surface area contributed by atoms with Gasteiger partial charge in [0.2, 0.25) is 0 Å². The van der Waals surface area contributed by atoms with Crippen LogP contribution in [0.1, 0.15) is 0 Å². The van der Waals surface area contributed by atoms with E-state index in [0.717, 1.165) is 5.30 Å². The zero-order valence-corrected chi connectivity index (χ0v) is 19.2. The summed E-state index contributed by atoms with van der Waals surface area (Å²) in [5.74, 6) is 0. The van der Waals surface area contributed by atoms with Crippen LogP contribution in [0.3, 0.4) is 0 Å². The Morgan fingerprint density at radius 1 is 0.567 bits per heavy atom. The fraction of sp³-hybridized carbons (Fsp3) is 0.667. The Balaban J connectivity index is 2.25. The summed E-state index contributed by atoms with van der Waals surface area (Å²) in [6, 6.07) is 9.78. The van der Waals surface area contributed by atoms with Gasteiger partial charge in [-0.3, -0.25) is 0 Å². The van der Waals surface area contributed by atoms with Crippen LogP contribution in [0.25, 0.3) is 0 Å². The van der Waals surface area contributed by atoms with Crippen LogP contribution < -0.4 is 5.30 Å². The van der Waals surface area contributed by atoms with Crippen LogP contribution in [0.4, 0.5) is 0 Å². The van der Waals surface area contributed by atoms with E-state index >= 15 is 0 Å². The Morgan fingerprint density at radius 3 is 1.33 bits per heavy atom. The summed E-state index contributed by atoms with van der Waals surface area (Å²) in [6.07, 6.45) is 0. The molecule has 0 heterocycles. The highest BCUT2D eigenvalue weighted by molar-refractivity contribution is 7.75. The van der Waals surface area contributed by atoms with Gasteiger partial charge >= 0.3 is 0 Å². The lowest BCUT2D eigenvalue weighted by Gasteiger charge is -2.26. The van der Waals surface area contributed by atoms with Crippen molar-refractivity contribution in [2.24, 2.45) is 0 Å². The summed E-state index contributed by atoms with van der Waals surface area (Å²) in [5.41, 5.74) is 0. The first-order valence-corrected chi connectivity index (χ1v) is 11.9. The molecule has 0 saturated carbocycles. The highest BCUT2D eigenvalue weighted by Gasteiger charge is 2.31. The van der Waals surface area contributed by atoms with Gasteiger partial charge in [0.25, 0.3) is 0 Å². The Labute approximate surface area is 181 Å². The summed E-state index contributed by atoms with van der Waals surface area (Å²) < 4.78 is 43.7. The van der Waals surface area contributed by atoms with Crippen molar-refractivity contribution in [2.45, 2.75) is 0 Å². The molecule has 0 spiro atoms. The first-order chi connectivity index (χ1) is 14.7. The van der Waals surface area contributed by atoms with Gasteiger partial charge in [-0.15, -0.1) is 6.66 Å². The molecule has 0 fully saturated rings. The van der Waals surface area contributed by atoms with Gasteiger partial charge in [-0.25, -0.2) is 9.05 Å². The van der Waals surface area contributed by atoms with E-state index in [2.05, 4.69) is 6.66 Å². The Kier molecular flexibility index (Phi) is 17.4. The van der Waals surface area contributed by atoms with Gasteiger partial charge in [0.1, 0.15) is 18.5 Å². The standard InChI is InChI=1S/C21H37O8P/c1-22-9-11-24-13-15-26-17-19-28-30(3,21-7-5-4-6-8-21)29-20-18-27-16-14-25-12-10-23-2/h4-8H,3,9-20H2,1-2H3. The lowest BCUT2D eigenvalue weighted by atomic mass is 10.4. The van der Waals surface area contributed by atoms with Crippen LogP contribution in [-0.2, 0) is 37.5 Å². The third-order valence-electron chi connectivity index (χ3n) is 3.81. The number of ether oxygens (including phenoxy) is 6. The number of hydrogen-bond acceptors (Lipinski definition) is 8. The van der Waals surface area contributed by atoms with Crippen molar-refractivity contribution in [1.29, 1.82) is 0 Å². The van der Waals surface area contributed by atoms with E-state index in [1.165, 1.54) is 0 Å². The van der Waals surface area contributed by atoms with E-state index in [4.69, 9.17) is 37.5 Å². The van der Waals surface area contributed by atoms with E-state index in [1.54, 1.807) is 14.2 Å². The van der Waals surface area contributed by atoms with Gasteiger partial charge in [-0.1, -0.05) is 18.2 Å². The Hall–Kier alpha value is -0.670. The maximum Gasteiger partial charge on any atom is 0.177 e. The summed E-state index contributed by atoms with van der Waals surface area (Å²) in [7, 11) is 0.820. The zero-order valence-electron chi connectivity index (χ0n) is 18.3. The van der Waals surface area contributed by atoms with Crippen LogP contribution in [0.2, 0.25) is 0 Å². The third-order valence-corrected chi connectivity index (χ3v) is 6.10. The lowest BCUT2D eigenvalue weighted by molar-refractivity contribution is 0.0135. The Morgan fingerprint density at radius 2 is 0.933 bits per heavy atom. The van der Waals surface area contributed by atoms with E-state index in [9.17, 15) is 0 Å². The normalized spacial score (nSPS) is 11.8. The maximum atomic E-state index is 6.03. The van der Waals surface area contributed by atoms with Crippen LogP contribution in [0.15, 0.2) is 30.3 Å². The summed E-state index contributed by atoms with van der Waals surface area (Å²) in [6.45, 7) is 10.2. The monoisotopic (exact) mass is 448 g/mol. The minimum Gasteiger partial charge on any atom is -0.382 e. The van der Waals surface area contributed by atoms with E-state index in [1.807, 2.05) is 30.3 Å². The summed E-state index contributed by atoms with van der Waals surface area (Å²) >= 11 is 0. The van der Waals surface area contributed by atoms with Gasteiger partial charge in [0.05, 0.1) is 66.1 Å². The van der Waals surface area contributed by atoms with E-state index < -0.39 is 7.72 Å². The topological polar surface area (TPSA) is 73.8 Å². The molecule has 9 heteroatoms. The fourth-order valence-corrected chi connectivity index (χ4v) is 4.00. The highest BCUT2D eigenvalue weighted by Crippen LogP contribution is 2.58. The van der Waals surface area contributed by atoms with Crippen LogP contribution >= 0.6 is 7.72 Å². The predicted octanol–water partition coefficient (Wildman–Crippen LogP) is 2.34. The van der Waals surface area contributed by atoms with E-state index in [0.29, 0.717) is 79.3 Å². The molecule has 0 atom stereocenters. The van der Waals surface area contributed by atoms with Crippen molar-refractivity contribution in [1.82, 2.24) is 0 Å². The quantitative estimate of drug-likeness (QED) is 0.161. The zero-order chi connectivity index (χ0) is 21.8. The molecule has 1 aromatic carbocycles. The number of hydrogen-bond donors (Lipinski definition) is 0. The molecule has 0 unspecified atom stereocenters. The molecule has 174 valence electrons. The predicted molar refractivity (Wildman–Crippen MR) is 117 cm³/mol. The minimum absolute atomic E-state index is 0.387. The largest absolute Gasteiger partial charge is 0.382 e. The first-order valence-electron chi connectivity index (χ1n) is 10.1. The van der Waals surface area contributed by atoms with E-state index in [-0.39, 0.29) is 0 Å². The molecule has 0 aromatic heterocycles. The molecule has 8 nitrogen and oxygen atoms in total. The van der Waals surface area contributed by atoms with Crippen molar-refractivity contribution < 1.29 is 37.5 Å². The summed E-state index contributed by atoms with van der Waals surface area (Å²) in [4.78, 5) is 0. The van der Waals surface area contributed by atoms with Crippen molar-refractivity contribution in [2.75, 3.05) is 93.5 Å². The van der Waals surface area contributed by atoms with Gasteiger partial charge in [0, 0.05) is 14.2 Å². The van der Waals surface area contributed by atoms with Crippen molar-refractivity contribution in [3.05, 3.63) is 37.0 Å². The molecule has 30 heavy (non-hydrogen) atoms. The number of methoxy groups -OCH3 is 2. The van der Waals surface area contributed by atoms with Crippen LogP contribution in [0, 0.1) is 6.66 Å². The smallest absolute Gasteiger partial charge is 0.177 e. The van der Waals surface area contributed by atoms with Crippen molar-refractivity contribution >= 4 is 13.0 Å². The Bertz CT molecular complexity index is 469. The van der Waals surface area contributed by atoms with Gasteiger partial charge in [0.15, 0.2) is 7.72 Å². The molecule has 0 saturated heterocycles. The highest BCUT2D eigenvalue weighted by atomic mass is 31.2. The molecule has 0 aliphatic carbocycles. The van der Waals surface area contributed by atoms with Gasteiger partial charge < -0.3 is 28.4 Å². The SMILES string of the molecule is [CH2-][P+](OCCOCCOCCOC)(OCCOCCOCCOC)c1ccccc1.